The molecule has 0 aliphatic heterocycles. The van der Waals surface area contributed by atoms with Crippen molar-refractivity contribution in [2.75, 3.05) is 6.54 Å². The zero-order chi connectivity index (χ0) is 18.6. The lowest BCUT2D eigenvalue weighted by atomic mass is 10.1. The van der Waals surface area contributed by atoms with Crippen molar-refractivity contribution in [3.8, 4) is 0 Å². The van der Waals surface area contributed by atoms with Crippen molar-refractivity contribution in [3.05, 3.63) is 29.5 Å². The Balaban J connectivity index is 1.90. The molecule has 1 amide bonds. The van der Waals surface area contributed by atoms with Crippen LogP contribution < -0.4 is 5.32 Å². The number of alkyl carbamates (subject to hydrolysis) is 1. The van der Waals surface area contributed by atoms with Gasteiger partial charge in [-0.2, -0.15) is 5.10 Å². The Bertz CT molecular complexity index is 774. The van der Waals surface area contributed by atoms with Crippen molar-refractivity contribution in [1.29, 1.82) is 0 Å². The van der Waals surface area contributed by atoms with E-state index in [9.17, 15) is 9.59 Å². The van der Waals surface area contributed by atoms with Gasteiger partial charge < -0.3 is 15.2 Å². The van der Waals surface area contributed by atoms with E-state index in [0.717, 1.165) is 29.4 Å². The quantitative estimate of drug-likeness (QED) is 0.782. The molecule has 0 fully saturated rings. The predicted molar refractivity (Wildman–Crippen MR) is 94.9 cm³/mol. The summed E-state index contributed by atoms with van der Waals surface area (Å²) in [4.78, 5) is 22.7. The highest BCUT2D eigenvalue weighted by atomic mass is 16.6. The molecule has 0 bridgehead atoms. The van der Waals surface area contributed by atoms with Crippen molar-refractivity contribution < 1.29 is 19.4 Å². The van der Waals surface area contributed by atoms with Gasteiger partial charge in [0.15, 0.2) is 0 Å². The van der Waals surface area contributed by atoms with Gasteiger partial charge in [0.05, 0.1) is 16.8 Å². The smallest absolute Gasteiger partial charge is 0.407 e. The van der Waals surface area contributed by atoms with Crippen LogP contribution in [0, 0.1) is 6.92 Å². The number of carbonyl (C=O) groups is 2. The van der Waals surface area contributed by atoms with Gasteiger partial charge in [-0.25, -0.2) is 9.59 Å². The normalized spacial score (nSPS) is 11.5. The molecule has 1 aromatic heterocycles. The second kappa shape index (κ2) is 7.55. The lowest BCUT2D eigenvalue weighted by molar-refractivity contribution is 0.0526. The molecule has 0 saturated heterocycles. The average molecular weight is 347 g/mol. The van der Waals surface area contributed by atoms with Gasteiger partial charge in [-0.3, -0.25) is 4.68 Å². The summed E-state index contributed by atoms with van der Waals surface area (Å²) in [6.45, 7) is 8.55. The zero-order valence-corrected chi connectivity index (χ0v) is 15.1. The molecule has 136 valence electrons. The number of carboxylic acid groups (broad SMARTS) is 1. The van der Waals surface area contributed by atoms with Gasteiger partial charge in [-0.1, -0.05) is 6.07 Å². The van der Waals surface area contributed by atoms with Crippen LogP contribution in [0.25, 0.3) is 10.9 Å². The maximum absolute atomic E-state index is 11.6. The summed E-state index contributed by atoms with van der Waals surface area (Å²) in [7, 11) is 0. The van der Waals surface area contributed by atoms with E-state index in [4.69, 9.17) is 9.84 Å². The largest absolute Gasteiger partial charge is 0.478 e. The molecule has 7 heteroatoms. The number of hydrogen-bond acceptors (Lipinski definition) is 4. The number of aromatic carboxylic acids is 1. The van der Waals surface area contributed by atoms with E-state index in [0.29, 0.717) is 13.1 Å². The summed E-state index contributed by atoms with van der Waals surface area (Å²) in [6, 6.07) is 5.03. The van der Waals surface area contributed by atoms with Gasteiger partial charge in [-0.05, 0) is 52.7 Å². The Morgan fingerprint density at radius 1 is 1.28 bits per heavy atom. The van der Waals surface area contributed by atoms with Crippen LogP contribution in [0.2, 0.25) is 0 Å². The number of aromatic nitrogens is 2. The molecule has 0 atom stereocenters. The number of aryl methyl sites for hydroxylation is 2. The minimum atomic E-state index is -0.950. The highest BCUT2D eigenvalue weighted by Crippen LogP contribution is 2.20. The highest BCUT2D eigenvalue weighted by Gasteiger charge is 2.15. The third-order valence-corrected chi connectivity index (χ3v) is 3.65. The van der Waals surface area contributed by atoms with Crippen molar-refractivity contribution in [2.24, 2.45) is 0 Å². The number of ether oxygens (including phenoxy) is 1. The fraction of sp³-hybridized carbons (Fsp3) is 0.500. The first-order valence-corrected chi connectivity index (χ1v) is 8.35. The summed E-state index contributed by atoms with van der Waals surface area (Å²) in [5.41, 5.74) is 1.44. The van der Waals surface area contributed by atoms with Crippen LogP contribution in [0.3, 0.4) is 0 Å². The lowest BCUT2D eigenvalue weighted by Gasteiger charge is -2.19. The van der Waals surface area contributed by atoms with Crippen LogP contribution in [0.1, 0.15) is 49.7 Å². The Hall–Kier alpha value is -2.57. The monoisotopic (exact) mass is 347 g/mol. The molecule has 2 aromatic rings. The van der Waals surface area contributed by atoms with Crippen LogP contribution in [-0.4, -0.2) is 39.1 Å². The third kappa shape index (κ3) is 5.20. The summed E-state index contributed by atoms with van der Waals surface area (Å²) in [5.74, 6) is -0.950. The molecule has 1 heterocycles. The molecule has 0 radical (unpaired) electrons. The van der Waals surface area contributed by atoms with E-state index in [2.05, 4.69) is 10.4 Å². The molecule has 0 aliphatic carbocycles. The molecule has 0 spiro atoms. The SMILES string of the molecule is Cc1nn(CCCCNC(=O)OC(C)(C)C)c2cc(C(=O)O)ccc12. The number of unbranched alkanes of at least 4 members (excludes halogenated alkanes) is 1. The van der Waals surface area contributed by atoms with Gasteiger partial charge in [0, 0.05) is 18.5 Å². The van der Waals surface area contributed by atoms with Gasteiger partial charge in [0.25, 0.3) is 0 Å². The minimum absolute atomic E-state index is 0.250. The molecule has 7 nitrogen and oxygen atoms in total. The lowest BCUT2D eigenvalue weighted by Crippen LogP contribution is -2.33. The van der Waals surface area contributed by atoms with Gasteiger partial charge in [0.2, 0.25) is 0 Å². The summed E-state index contributed by atoms with van der Waals surface area (Å²) < 4.78 is 7.00. The fourth-order valence-corrected chi connectivity index (χ4v) is 2.53. The number of nitrogens with zero attached hydrogens (tertiary/aromatic N) is 2. The van der Waals surface area contributed by atoms with E-state index < -0.39 is 17.7 Å². The first-order valence-electron chi connectivity index (χ1n) is 8.35. The highest BCUT2D eigenvalue weighted by molar-refractivity contribution is 5.93. The number of nitrogens with one attached hydrogen (secondary N) is 1. The number of carbonyl (C=O) groups excluding carboxylic acids is 1. The van der Waals surface area contributed by atoms with E-state index in [1.807, 2.05) is 32.4 Å². The Labute approximate surface area is 147 Å². The third-order valence-electron chi connectivity index (χ3n) is 3.65. The maximum atomic E-state index is 11.6. The van der Waals surface area contributed by atoms with E-state index in [1.54, 1.807) is 18.2 Å². The number of fused-ring (bicyclic) bond motifs is 1. The molecule has 0 saturated carbocycles. The van der Waals surface area contributed by atoms with E-state index >= 15 is 0 Å². The summed E-state index contributed by atoms with van der Waals surface area (Å²) in [5, 5.41) is 17.3. The zero-order valence-electron chi connectivity index (χ0n) is 15.1. The topological polar surface area (TPSA) is 93.5 Å². The first-order chi connectivity index (χ1) is 11.7. The first kappa shape index (κ1) is 18.8. The average Bonchev–Trinajstić information content (AvgIpc) is 2.81. The Kier molecular flexibility index (Phi) is 5.66. The number of benzene rings is 1. The standard InChI is InChI=1S/C18H25N3O4/c1-12-14-8-7-13(16(22)23)11-15(14)21(20-12)10-6-5-9-19-17(24)25-18(2,3)4/h7-8,11H,5-6,9-10H2,1-4H3,(H,19,24)(H,22,23). The number of amides is 1. The van der Waals surface area contributed by atoms with Crippen LogP contribution >= 0.6 is 0 Å². The Morgan fingerprint density at radius 2 is 2.00 bits per heavy atom. The molecule has 25 heavy (non-hydrogen) atoms. The molecular weight excluding hydrogens is 322 g/mol. The second-order valence-corrected chi connectivity index (χ2v) is 6.98. The van der Waals surface area contributed by atoms with Gasteiger partial charge >= 0.3 is 12.1 Å². The van der Waals surface area contributed by atoms with Crippen molar-refractivity contribution in [2.45, 2.75) is 52.7 Å². The fourth-order valence-electron chi connectivity index (χ4n) is 2.53. The molecule has 0 aliphatic rings. The molecular formula is C18H25N3O4. The van der Waals surface area contributed by atoms with Gasteiger partial charge in [-0.15, -0.1) is 0 Å². The van der Waals surface area contributed by atoms with Crippen LogP contribution in [0.15, 0.2) is 18.2 Å². The van der Waals surface area contributed by atoms with Crippen LogP contribution in [-0.2, 0) is 11.3 Å². The van der Waals surface area contributed by atoms with Crippen molar-refractivity contribution in [3.63, 3.8) is 0 Å². The van der Waals surface area contributed by atoms with Crippen molar-refractivity contribution >= 4 is 23.0 Å². The second-order valence-electron chi connectivity index (χ2n) is 6.98. The molecule has 0 unspecified atom stereocenters. The van der Waals surface area contributed by atoms with Gasteiger partial charge in [0.1, 0.15) is 5.60 Å². The molecule has 1 aromatic carbocycles. The van der Waals surface area contributed by atoms with Crippen LogP contribution in [0.4, 0.5) is 4.79 Å². The minimum Gasteiger partial charge on any atom is -0.478 e. The number of rotatable bonds is 6. The Morgan fingerprint density at radius 3 is 2.64 bits per heavy atom. The van der Waals surface area contributed by atoms with Crippen LogP contribution in [0.5, 0.6) is 0 Å². The number of carboxylic acids is 1. The predicted octanol–water partition coefficient (Wildman–Crippen LogP) is 3.35. The van der Waals surface area contributed by atoms with E-state index in [-0.39, 0.29) is 5.56 Å². The molecule has 2 N–H and O–H groups in total. The summed E-state index contributed by atoms with van der Waals surface area (Å²) >= 11 is 0. The maximum Gasteiger partial charge on any atom is 0.407 e. The van der Waals surface area contributed by atoms with Crippen molar-refractivity contribution in [1.82, 2.24) is 15.1 Å². The number of hydrogen-bond donors (Lipinski definition) is 2. The summed E-state index contributed by atoms with van der Waals surface area (Å²) in [6.07, 6.45) is 1.17. The molecule has 2 rings (SSSR count). The van der Waals surface area contributed by atoms with E-state index in [1.165, 1.54) is 0 Å².